The molecule has 1 aliphatic heterocycles. The predicted molar refractivity (Wildman–Crippen MR) is 90.0 cm³/mol. The van der Waals surface area contributed by atoms with Crippen LogP contribution in [0.15, 0.2) is 0 Å². The van der Waals surface area contributed by atoms with Gasteiger partial charge in [-0.05, 0) is 39.0 Å². The lowest BCUT2D eigenvalue weighted by atomic mass is 10.2. The molecule has 2 atom stereocenters. The topological polar surface area (TPSA) is 84.8 Å². The molecular weight excluding hydrogens is 318 g/mol. The van der Waals surface area contributed by atoms with E-state index in [-0.39, 0.29) is 12.1 Å². The third-order valence-electron chi connectivity index (χ3n) is 5.60. The third-order valence-corrected chi connectivity index (χ3v) is 5.60. The van der Waals surface area contributed by atoms with E-state index in [9.17, 15) is 0 Å². The lowest BCUT2D eigenvalue weighted by molar-refractivity contribution is 0.106. The van der Waals surface area contributed by atoms with Gasteiger partial charge in [-0.2, -0.15) is 5.10 Å². The van der Waals surface area contributed by atoms with Gasteiger partial charge in [0.1, 0.15) is 17.5 Å². The number of H-pyrrole nitrogens is 1. The Hall–Kier alpha value is -1.80. The molecule has 1 N–H and O–H groups in total. The van der Waals surface area contributed by atoms with Crippen LogP contribution in [0.3, 0.4) is 0 Å². The van der Waals surface area contributed by atoms with Gasteiger partial charge in [-0.1, -0.05) is 0 Å². The van der Waals surface area contributed by atoms with Crippen LogP contribution < -0.4 is 0 Å². The van der Waals surface area contributed by atoms with Crippen molar-refractivity contribution in [3.8, 4) is 0 Å². The average Bonchev–Trinajstić information content (AvgIpc) is 3.52. The van der Waals surface area contributed by atoms with E-state index in [1.165, 1.54) is 31.5 Å². The van der Waals surface area contributed by atoms with Crippen molar-refractivity contribution < 1.29 is 4.74 Å². The zero-order valence-electron chi connectivity index (χ0n) is 14.9. The molecule has 2 aromatic rings. The molecule has 1 saturated heterocycles. The number of aromatic amines is 1. The van der Waals surface area contributed by atoms with Crippen molar-refractivity contribution >= 4 is 0 Å². The van der Waals surface area contributed by atoms with E-state index in [1.807, 2.05) is 6.92 Å². The van der Waals surface area contributed by atoms with Gasteiger partial charge >= 0.3 is 0 Å². The quantitative estimate of drug-likeness (QED) is 0.862. The van der Waals surface area contributed by atoms with Gasteiger partial charge in [0.2, 0.25) is 0 Å². The van der Waals surface area contributed by atoms with Crippen LogP contribution in [0.2, 0.25) is 0 Å². The van der Waals surface area contributed by atoms with Gasteiger partial charge in [0, 0.05) is 25.6 Å². The molecule has 0 spiro atoms. The molecule has 8 heteroatoms. The number of nitrogens with zero attached hydrogens (tertiary/aromatic N) is 6. The van der Waals surface area contributed by atoms with Gasteiger partial charge in [-0.15, -0.1) is 10.2 Å². The number of nitrogens with one attached hydrogen (secondary N) is 1. The Kier molecular flexibility index (Phi) is 3.63. The Morgan fingerprint density at radius 1 is 1.20 bits per heavy atom. The van der Waals surface area contributed by atoms with Crippen LogP contribution in [0, 0.1) is 6.92 Å². The molecule has 2 aromatic heterocycles. The minimum absolute atomic E-state index is 0.170. The summed E-state index contributed by atoms with van der Waals surface area (Å²) < 4.78 is 8.06. The summed E-state index contributed by atoms with van der Waals surface area (Å²) in [7, 11) is 1.78. The van der Waals surface area contributed by atoms with Crippen molar-refractivity contribution in [2.24, 2.45) is 0 Å². The van der Waals surface area contributed by atoms with Crippen molar-refractivity contribution in [2.75, 3.05) is 13.7 Å². The maximum absolute atomic E-state index is 5.63. The number of aromatic nitrogens is 6. The summed E-state index contributed by atoms with van der Waals surface area (Å²) in [5, 5.41) is 16.5. The van der Waals surface area contributed by atoms with Crippen molar-refractivity contribution in [1.29, 1.82) is 0 Å². The van der Waals surface area contributed by atoms with E-state index in [0.29, 0.717) is 12.0 Å². The fourth-order valence-electron chi connectivity index (χ4n) is 3.96. The molecular formula is C17H25N7O. The summed E-state index contributed by atoms with van der Waals surface area (Å²) in [6.07, 6.45) is 6.17. The molecule has 3 fully saturated rings. The number of hydrogen-bond donors (Lipinski definition) is 1. The Labute approximate surface area is 147 Å². The molecule has 3 heterocycles. The van der Waals surface area contributed by atoms with Crippen LogP contribution in [0.4, 0.5) is 0 Å². The molecule has 2 aliphatic carbocycles. The summed E-state index contributed by atoms with van der Waals surface area (Å²) in [6, 6.07) is 0.786. The number of likely N-dealkylation sites (tertiary alicyclic amines) is 1. The molecule has 8 nitrogen and oxygen atoms in total. The molecule has 2 saturated carbocycles. The average molecular weight is 343 g/mol. The van der Waals surface area contributed by atoms with E-state index in [2.05, 4.69) is 34.8 Å². The van der Waals surface area contributed by atoms with Crippen LogP contribution >= 0.6 is 0 Å². The van der Waals surface area contributed by atoms with E-state index < -0.39 is 0 Å². The van der Waals surface area contributed by atoms with Gasteiger partial charge < -0.3 is 9.30 Å². The monoisotopic (exact) mass is 343 g/mol. The largest absolute Gasteiger partial charge is 0.380 e. The molecule has 0 bridgehead atoms. The number of aryl methyl sites for hydroxylation is 1. The summed E-state index contributed by atoms with van der Waals surface area (Å²) in [6.45, 7) is 3.61. The second kappa shape index (κ2) is 5.88. The van der Waals surface area contributed by atoms with Crippen LogP contribution in [0.1, 0.15) is 73.4 Å². The van der Waals surface area contributed by atoms with Gasteiger partial charge in [-0.3, -0.25) is 10.00 Å². The first kappa shape index (κ1) is 15.5. The third kappa shape index (κ3) is 2.87. The zero-order chi connectivity index (χ0) is 17.0. The molecule has 0 radical (unpaired) electrons. The molecule has 25 heavy (non-hydrogen) atoms. The fourth-order valence-corrected chi connectivity index (χ4v) is 3.96. The van der Waals surface area contributed by atoms with Crippen molar-refractivity contribution in [2.45, 2.75) is 69.7 Å². The van der Waals surface area contributed by atoms with E-state index in [1.54, 1.807) is 7.11 Å². The highest BCUT2D eigenvalue weighted by atomic mass is 16.5. The van der Waals surface area contributed by atoms with Crippen molar-refractivity contribution in [1.82, 2.24) is 34.8 Å². The van der Waals surface area contributed by atoms with Crippen LogP contribution in [0.25, 0.3) is 0 Å². The standard InChI is InChI=1S/C17H25N7O/c1-10-18-16(21-19-10)14-7-13(25-2)8-23(14)9-15-20-22-17(11-3-4-11)24(15)12-5-6-12/h11-14H,3-9H2,1-2H3,(H,18,19,21)/t13-,14+/m1/s1. The maximum Gasteiger partial charge on any atom is 0.167 e. The molecule has 0 aromatic carbocycles. The minimum Gasteiger partial charge on any atom is -0.380 e. The molecule has 3 aliphatic rings. The van der Waals surface area contributed by atoms with E-state index >= 15 is 0 Å². The highest BCUT2D eigenvalue weighted by molar-refractivity contribution is 5.13. The van der Waals surface area contributed by atoms with Crippen LogP contribution in [-0.2, 0) is 11.3 Å². The lowest BCUT2D eigenvalue weighted by Gasteiger charge is -2.22. The van der Waals surface area contributed by atoms with E-state index in [4.69, 9.17) is 4.74 Å². The smallest absolute Gasteiger partial charge is 0.167 e. The first-order valence-corrected chi connectivity index (χ1v) is 9.32. The first-order valence-electron chi connectivity index (χ1n) is 9.32. The summed E-state index contributed by atoms with van der Waals surface area (Å²) in [5.41, 5.74) is 0. The predicted octanol–water partition coefficient (Wildman–Crippen LogP) is 1.88. The number of hydrogen-bond acceptors (Lipinski definition) is 6. The van der Waals surface area contributed by atoms with Gasteiger partial charge in [-0.25, -0.2) is 4.98 Å². The number of ether oxygens (including phenoxy) is 1. The van der Waals surface area contributed by atoms with E-state index in [0.717, 1.165) is 37.0 Å². The SMILES string of the molecule is CO[C@@H]1C[C@@H](c2n[nH]c(C)n2)N(Cc2nnc(C3CC3)n2C2CC2)C1. The molecule has 5 rings (SSSR count). The highest BCUT2D eigenvalue weighted by Crippen LogP contribution is 2.45. The first-order chi connectivity index (χ1) is 12.2. The zero-order valence-corrected chi connectivity index (χ0v) is 14.9. The van der Waals surface area contributed by atoms with Gasteiger partial charge in [0.05, 0.1) is 18.7 Å². The molecule has 0 unspecified atom stereocenters. The second-order valence-corrected chi connectivity index (χ2v) is 7.67. The van der Waals surface area contributed by atoms with Crippen LogP contribution in [-0.4, -0.2) is 54.6 Å². The Balaban J connectivity index is 1.42. The summed E-state index contributed by atoms with van der Waals surface area (Å²) in [4.78, 5) is 6.96. The normalized spacial score (nSPS) is 27.3. The Morgan fingerprint density at radius 2 is 2.04 bits per heavy atom. The van der Waals surface area contributed by atoms with Gasteiger partial charge in [0.15, 0.2) is 5.82 Å². The molecule has 0 amide bonds. The maximum atomic E-state index is 5.63. The fraction of sp³-hybridized carbons (Fsp3) is 0.765. The summed E-state index contributed by atoms with van der Waals surface area (Å²) >= 11 is 0. The highest BCUT2D eigenvalue weighted by Gasteiger charge is 2.39. The number of methoxy groups -OCH3 is 1. The molecule has 134 valence electrons. The minimum atomic E-state index is 0.170. The van der Waals surface area contributed by atoms with Gasteiger partial charge in [0.25, 0.3) is 0 Å². The summed E-state index contributed by atoms with van der Waals surface area (Å²) in [5.74, 6) is 4.66. The Morgan fingerprint density at radius 3 is 2.68 bits per heavy atom. The Bertz CT molecular complexity index is 761. The van der Waals surface area contributed by atoms with Crippen LogP contribution in [0.5, 0.6) is 0 Å². The van der Waals surface area contributed by atoms with Crippen molar-refractivity contribution in [3.63, 3.8) is 0 Å². The van der Waals surface area contributed by atoms with Crippen molar-refractivity contribution in [3.05, 3.63) is 23.3 Å². The lowest BCUT2D eigenvalue weighted by Crippen LogP contribution is -2.27. The number of rotatable bonds is 6. The second-order valence-electron chi connectivity index (χ2n) is 7.67.